The van der Waals surface area contributed by atoms with Crippen LogP contribution in [0.3, 0.4) is 0 Å². The van der Waals surface area contributed by atoms with Crippen LogP contribution in [0.25, 0.3) is 4.85 Å². The Bertz CT molecular complexity index is 399. The van der Waals surface area contributed by atoms with E-state index in [0.717, 1.165) is 12.1 Å². The molecule has 0 aliphatic rings. The third kappa shape index (κ3) is 1.11. The van der Waals surface area contributed by atoms with Gasteiger partial charge in [-0.3, -0.25) is 0 Å². The second kappa shape index (κ2) is 2.98. The average Bonchev–Trinajstić information content (AvgIpc) is 2.06. The van der Waals surface area contributed by atoms with Crippen LogP contribution in [0.4, 0.5) is 14.5 Å². The summed E-state index contributed by atoms with van der Waals surface area (Å²) in [5, 5.41) is 8.29. The summed E-state index contributed by atoms with van der Waals surface area (Å²) in [7, 11) is 0. The summed E-state index contributed by atoms with van der Waals surface area (Å²) in [6.07, 6.45) is 0. The number of nitrogens with zero attached hydrogens (tertiary/aromatic N) is 2. The Morgan fingerprint density at radius 2 is 2.08 bits per heavy atom. The lowest BCUT2D eigenvalue weighted by molar-refractivity contribution is 0.580. The van der Waals surface area contributed by atoms with Gasteiger partial charge < -0.3 is 0 Å². The summed E-state index contributed by atoms with van der Waals surface area (Å²) in [5.74, 6) is -2.03. The van der Waals surface area contributed by atoms with E-state index in [1.54, 1.807) is 0 Å². The molecule has 0 aliphatic heterocycles. The van der Waals surface area contributed by atoms with Gasteiger partial charge in [0.05, 0.1) is 6.57 Å². The van der Waals surface area contributed by atoms with Crippen LogP contribution < -0.4 is 0 Å². The molecular formula is C8H2F2N2. The van der Waals surface area contributed by atoms with Gasteiger partial charge >= 0.3 is 0 Å². The molecule has 0 fully saturated rings. The highest BCUT2D eigenvalue weighted by atomic mass is 19.1. The van der Waals surface area contributed by atoms with Crippen LogP contribution in [0.1, 0.15) is 5.56 Å². The Morgan fingerprint density at radius 1 is 1.42 bits per heavy atom. The maximum atomic E-state index is 12.9. The number of hydrogen-bond donors (Lipinski definition) is 0. The summed E-state index contributed by atoms with van der Waals surface area (Å²) in [6, 6.07) is 3.24. The van der Waals surface area contributed by atoms with Crippen molar-refractivity contribution in [3.8, 4) is 6.07 Å². The van der Waals surface area contributed by atoms with Gasteiger partial charge in [-0.1, -0.05) is 6.07 Å². The van der Waals surface area contributed by atoms with Crippen LogP contribution in [-0.2, 0) is 0 Å². The van der Waals surface area contributed by atoms with Gasteiger partial charge in [0.1, 0.15) is 17.4 Å². The topological polar surface area (TPSA) is 28.1 Å². The van der Waals surface area contributed by atoms with Gasteiger partial charge in [-0.15, -0.1) is 0 Å². The molecule has 2 nitrogen and oxygen atoms in total. The zero-order chi connectivity index (χ0) is 9.14. The monoisotopic (exact) mass is 164 g/mol. The van der Waals surface area contributed by atoms with Crippen molar-refractivity contribution in [1.29, 1.82) is 5.26 Å². The van der Waals surface area contributed by atoms with Crippen molar-refractivity contribution in [2.75, 3.05) is 0 Å². The maximum Gasteiger partial charge on any atom is 0.223 e. The van der Waals surface area contributed by atoms with E-state index in [4.69, 9.17) is 11.8 Å². The van der Waals surface area contributed by atoms with E-state index < -0.39 is 17.2 Å². The predicted molar refractivity (Wildman–Crippen MR) is 37.3 cm³/mol. The summed E-state index contributed by atoms with van der Waals surface area (Å²) in [4.78, 5) is 2.78. The number of nitriles is 1. The quantitative estimate of drug-likeness (QED) is 0.541. The largest absolute Gasteiger partial charge is 0.235 e. The maximum absolute atomic E-state index is 12.9. The lowest BCUT2D eigenvalue weighted by Gasteiger charge is -1.96. The molecule has 1 aromatic carbocycles. The molecule has 58 valence electrons. The fourth-order valence-corrected chi connectivity index (χ4v) is 0.730. The molecule has 1 aromatic rings. The third-order valence-electron chi connectivity index (χ3n) is 1.30. The Morgan fingerprint density at radius 3 is 2.58 bits per heavy atom. The van der Waals surface area contributed by atoms with Gasteiger partial charge in [0.25, 0.3) is 0 Å². The second-order valence-electron chi connectivity index (χ2n) is 1.98. The number of benzene rings is 1. The van der Waals surface area contributed by atoms with Crippen molar-refractivity contribution in [2.24, 2.45) is 0 Å². The van der Waals surface area contributed by atoms with Crippen LogP contribution in [-0.4, -0.2) is 0 Å². The number of halogens is 2. The van der Waals surface area contributed by atoms with E-state index >= 15 is 0 Å². The summed E-state index contributed by atoms with van der Waals surface area (Å²) >= 11 is 0. The Labute approximate surface area is 67.5 Å². The molecule has 0 radical (unpaired) electrons. The van der Waals surface area contributed by atoms with Gasteiger partial charge in [-0.2, -0.15) is 5.26 Å². The summed E-state index contributed by atoms with van der Waals surface area (Å²) in [5.41, 5.74) is -1.04. The highest BCUT2D eigenvalue weighted by molar-refractivity contribution is 5.52. The third-order valence-corrected chi connectivity index (χ3v) is 1.30. The molecule has 1 rings (SSSR count). The molecular weight excluding hydrogens is 162 g/mol. The fraction of sp³-hybridized carbons (Fsp3) is 0. The first-order valence-electron chi connectivity index (χ1n) is 2.96. The van der Waals surface area contributed by atoms with Crippen molar-refractivity contribution in [3.63, 3.8) is 0 Å². The standard InChI is InChI=1S/C8H2F2N2/c1-12-7-3-2-6(9)5(4-11)8(7)10/h2-3H. The Balaban J connectivity index is 3.50. The molecule has 4 heteroatoms. The molecule has 12 heavy (non-hydrogen) atoms. The molecule has 0 unspecified atom stereocenters. The van der Waals surface area contributed by atoms with Crippen molar-refractivity contribution >= 4 is 5.69 Å². The van der Waals surface area contributed by atoms with E-state index in [9.17, 15) is 8.78 Å². The Kier molecular flexibility index (Phi) is 2.02. The van der Waals surface area contributed by atoms with E-state index in [2.05, 4.69) is 4.85 Å². The molecule has 0 atom stereocenters. The Hall–Kier alpha value is -1.94. The van der Waals surface area contributed by atoms with Crippen LogP contribution in [0.15, 0.2) is 12.1 Å². The highest BCUT2D eigenvalue weighted by Gasteiger charge is 2.12. The number of rotatable bonds is 0. The molecule has 0 spiro atoms. The first kappa shape index (κ1) is 8.16. The zero-order valence-corrected chi connectivity index (χ0v) is 5.81. The van der Waals surface area contributed by atoms with Crippen LogP contribution in [0.5, 0.6) is 0 Å². The van der Waals surface area contributed by atoms with Gasteiger partial charge in [0.15, 0.2) is 5.82 Å². The molecule has 0 aromatic heterocycles. The molecule has 0 N–H and O–H groups in total. The molecule has 0 saturated carbocycles. The first-order chi connectivity index (χ1) is 5.70. The summed E-state index contributed by atoms with van der Waals surface area (Å²) in [6.45, 7) is 6.48. The van der Waals surface area contributed by atoms with Crippen molar-refractivity contribution in [1.82, 2.24) is 0 Å². The van der Waals surface area contributed by atoms with E-state index in [0.29, 0.717) is 0 Å². The normalized spacial score (nSPS) is 8.67. The summed E-state index contributed by atoms with van der Waals surface area (Å²) < 4.78 is 25.5. The molecule has 0 aliphatic carbocycles. The zero-order valence-electron chi connectivity index (χ0n) is 5.81. The van der Waals surface area contributed by atoms with Crippen molar-refractivity contribution in [2.45, 2.75) is 0 Å². The highest BCUT2D eigenvalue weighted by Crippen LogP contribution is 2.22. The van der Waals surface area contributed by atoms with E-state index in [1.807, 2.05) is 0 Å². The second-order valence-corrected chi connectivity index (χ2v) is 1.98. The first-order valence-corrected chi connectivity index (χ1v) is 2.96. The van der Waals surface area contributed by atoms with Crippen LogP contribution in [0, 0.1) is 29.5 Å². The molecule has 0 amide bonds. The van der Waals surface area contributed by atoms with Gasteiger partial charge in [0, 0.05) is 0 Å². The van der Waals surface area contributed by atoms with Gasteiger partial charge in [-0.05, 0) is 6.07 Å². The molecule has 0 bridgehead atoms. The lowest BCUT2D eigenvalue weighted by Crippen LogP contribution is -1.88. The van der Waals surface area contributed by atoms with E-state index in [1.165, 1.54) is 6.07 Å². The SMILES string of the molecule is [C-]#[N+]c1ccc(F)c(C#N)c1F. The van der Waals surface area contributed by atoms with Crippen molar-refractivity contribution < 1.29 is 8.78 Å². The van der Waals surface area contributed by atoms with Crippen LogP contribution >= 0.6 is 0 Å². The minimum atomic E-state index is -1.09. The van der Waals surface area contributed by atoms with Crippen LogP contribution in [0.2, 0.25) is 0 Å². The minimum Gasteiger partial charge on any atom is -0.235 e. The number of hydrogen-bond acceptors (Lipinski definition) is 1. The molecule has 0 heterocycles. The lowest BCUT2D eigenvalue weighted by atomic mass is 10.2. The molecule has 0 saturated heterocycles. The van der Waals surface area contributed by atoms with E-state index in [-0.39, 0.29) is 5.69 Å². The minimum absolute atomic E-state index is 0.340. The van der Waals surface area contributed by atoms with Gasteiger partial charge in [0.2, 0.25) is 5.69 Å². The van der Waals surface area contributed by atoms with Crippen molar-refractivity contribution in [3.05, 3.63) is 40.7 Å². The average molecular weight is 164 g/mol. The fourth-order valence-electron chi connectivity index (χ4n) is 0.730. The van der Waals surface area contributed by atoms with Gasteiger partial charge in [-0.25, -0.2) is 13.6 Å². The smallest absolute Gasteiger partial charge is 0.223 e. The predicted octanol–water partition coefficient (Wildman–Crippen LogP) is 2.39.